The highest BCUT2D eigenvalue weighted by atomic mass is 79.9. The molecule has 2 aromatic carbocycles. The van der Waals surface area contributed by atoms with Gasteiger partial charge in [0.25, 0.3) is 0 Å². The molecule has 126 valence electrons. The van der Waals surface area contributed by atoms with Gasteiger partial charge in [0.1, 0.15) is 11.5 Å². The Bertz CT molecular complexity index is 745. The van der Waals surface area contributed by atoms with Crippen LogP contribution in [0, 0.1) is 6.92 Å². The van der Waals surface area contributed by atoms with Gasteiger partial charge in [0, 0.05) is 10.0 Å². The molecule has 24 heavy (non-hydrogen) atoms. The first-order valence-electron chi connectivity index (χ1n) is 7.06. The zero-order valence-electron chi connectivity index (χ0n) is 13.3. The van der Waals surface area contributed by atoms with Crippen molar-refractivity contribution in [3.8, 4) is 11.5 Å². The molecule has 0 aliphatic rings. The highest BCUT2D eigenvalue weighted by Crippen LogP contribution is 2.21. The Morgan fingerprint density at radius 3 is 2.46 bits per heavy atom. The van der Waals surface area contributed by atoms with Gasteiger partial charge in [-0.15, -0.1) is 0 Å². The smallest absolute Gasteiger partial charge is 0.372 e. The SMILES string of the molecule is COc1ccc(/C(N)=N\OC(=O)COc2ccc(Br)c(C)c2)cc1. The van der Waals surface area contributed by atoms with E-state index >= 15 is 0 Å². The van der Waals surface area contributed by atoms with Crippen molar-refractivity contribution in [2.45, 2.75) is 6.92 Å². The predicted molar refractivity (Wildman–Crippen MR) is 94.2 cm³/mol. The third-order valence-corrected chi connectivity index (χ3v) is 4.01. The number of oxime groups is 1. The van der Waals surface area contributed by atoms with Gasteiger partial charge in [-0.05, 0) is 55.0 Å². The van der Waals surface area contributed by atoms with Crippen LogP contribution in [-0.2, 0) is 9.63 Å². The Labute approximate surface area is 148 Å². The first kappa shape index (κ1) is 17.8. The van der Waals surface area contributed by atoms with Gasteiger partial charge in [0.05, 0.1) is 7.11 Å². The fraction of sp³-hybridized carbons (Fsp3) is 0.176. The summed E-state index contributed by atoms with van der Waals surface area (Å²) >= 11 is 3.39. The van der Waals surface area contributed by atoms with Gasteiger partial charge in [0.2, 0.25) is 0 Å². The number of ether oxygens (including phenoxy) is 2. The summed E-state index contributed by atoms with van der Waals surface area (Å²) in [5.41, 5.74) is 7.39. The van der Waals surface area contributed by atoms with Crippen LogP contribution in [0.3, 0.4) is 0 Å². The summed E-state index contributed by atoms with van der Waals surface area (Å²) in [5, 5.41) is 3.61. The van der Waals surface area contributed by atoms with Crippen LogP contribution >= 0.6 is 15.9 Å². The number of hydrogen-bond donors (Lipinski definition) is 1. The highest BCUT2D eigenvalue weighted by molar-refractivity contribution is 9.10. The minimum atomic E-state index is -0.646. The summed E-state index contributed by atoms with van der Waals surface area (Å²) in [6.07, 6.45) is 0. The molecule has 0 aliphatic heterocycles. The minimum Gasteiger partial charge on any atom is -0.497 e. The molecule has 0 fully saturated rings. The molecule has 0 atom stereocenters. The molecule has 0 aliphatic carbocycles. The van der Waals surface area contributed by atoms with Crippen LogP contribution in [0.15, 0.2) is 52.1 Å². The van der Waals surface area contributed by atoms with Crippen molar-refractivity contribution in [1.82, 2.24) is 0 Å². The van der Waals surface area contributed by atoms with Crippen molar-refractivity contribution in [3.63, 3.8) is 0 Å². The molecular formula is C17H17BrN2O4. The zero-order valence-corrected chi connectivity index (χ0v) is 14.9. The van der Waals surface area contributed by atoms with Crippen LogP contribution < -0.4 is 15.2 Å². The maximum Gasteiger partial charge on any atom is 0.372 e. The monoisotopic (exact) mass is 392 g/mol. The Hall–Kier alpha value is -2.54. The molecule has 0 saturated heterocycles. The molecule has 2 aromatic rings. The summed E-state index contributed by atoms with van der Waals surface area (Å²) < 4.78 is 11.4. The van der Waals surface area contributed by atoms with Crippen LogP contribution in [0.25, 0.3) is 0 Å². The van der Waals surface area contributed by atoms with Crippen molar-refractivity contribution in [2.75, 3.05) is 13.7 Å². The van der Waals surface area contributed by atoms with E-state index in [4.69, 9.17) is 20.0 Å². The predicted octanol–water partition coefficient (Wildman–Crippen LogP) is 3.01. The summed E-state index contributed by atoms with van der Waals surface area (Å²) in [5.74, 6) is 0.707. The molecule has 2 N–H and O–H groups in total. The molecular weight excluding hydrogens is 376 g/mol. The van der Waals surface area contributed by atoms with E-state index in [1.54, 1.807) is 37.4 Å². The van der Waals surface area contributed by atoms with Gasteiger partial charge in [-0.3, -0.25) is 0 Å². The normalized spacial score (nSPS) is 11.0. The lowest BCUT2D eigenvalue weighted by atomic mass is 10.2. The second kappa shape index (κ2) is 8.35. The van der Waals surface area contributed by atoms with Crippen LogP contribution in [0.5, 0.6) is 11.5 Å². The third kappa shape index (κ3) is 4.99. The second-order valence-corrected chi connectivity index (χ2v) is 5.72. The summed E-state index contributed by atoms with van der Waals surface area (Å²) in [4.78, 5) is 16.4. The molecule has 0 radical (unpaired) electrons. The number of nitrogens with zero attached hydrogens (tertiary/aromatic N) is 1. The van der Waals surface area contributed by atoms with E-state index in [0.29, 0.717) is 17.1 Å². The fourth-order valence-corrected chi connectivity index (χ4v) is 2.04. The van der Waals surface area contributed by atoms with E-state index in [1.165, 1.54) is 0 Å². The summed E-state index contributed by atoms with van der Waals surface area (Å²) in [6.45, 7) is 1.66. The zero-order chi connectivity index (χ0) is 17.5. The fourth-order valence-electron chi connectivity index (χ4n) is 1.79. The minimum absolute atomic E-state index is 0.0884. The van der Waals surface area contributed by atoms with E-state index in [9.17, 15) is 4.79 Å². The van der Waals surface area contributed by atoms with Crippen molar-refractivity contribution in [3.05, 3.63) is 58.1 Å². The summed E-state index contributed by atoms with van der Waals surface area (Å²) in [7, 11) is 1.57. The molecule has 2 rings (SSSR count). The molecule has 0 aromatic heterocycles. The lowest BCUT2D eigenvalue weighted by Gasteiger charge is -2.06. The number of rotatable bonds is 6. The van der Waals surface area contributed by atoms with E-state index in [-0.39, 0.29) is 12.4 Å². The first-order valence-corrected chi connectivity index (χ1v) is 7.85. The van der Waals surface area contributed by atoms with Gasteiger partial charge in [-0.2, -0.15) is 0 Å². The maximum absolute atomic E-state index is 11.7. The standard InChI is InChI=1S/C17H17BrN2O4/c1-11-9-14(7-8-15(11)18)23-10-16(21)24-20-17(19)12-3-5-13(22-2)6-4-12/h3-9H,10H2,1-2H3,(H2,19,20). The molecule has 0 bridgehead atoms. The van der Waals surface area contributed by atoms with Crippen LogP contribution in [0.2, 0.25) is 0 Å². The van der Waals surface area contributed by atoms with E-state index < -0.39 is 5.97 Å². The second-order valence-electron chi connectivity index (χ2n) is 4.87. The molecule has 0 saturated carbocycles. The van der Waals surface area contributed by atoms with Crippen molar-refractivity contribution in [2.24, 2.45) is 10.9 Å². The number of amidine groups is 1. The number of halogens is 1. The van der Waals surface area contributed by atoms with Crippen LogP contribution in [-0.4, -0.2) is 25.5 Å². The summed E-state index contributed by atoms with van der Waals surface area (Å²) in [6, 6.07) is 12.3. The third-order valence-electron chi connectivity index (χ3n) is 3.12. The van der Waals surface area contributed by atoms with Gasteiger partial charge < -0.3 is 20.0 Å². The van der Waals surface area contributed by atoms with Crippen LogP contribution in [0.1, 0.15) is 11.1 Å². The molecule has 0 amide bonds. The molecule has 7 heteroatoms. The Morgan fingerprint density at radius 1 is 1.17 bits per heavy atom. The number of benzene rings is 2. The Balaban J connectivity index is 1.87. The van der Waals surface area contributed by atoms with Crippen molar-refractivity contribution in [1.29, 1.82) is 0 Å². The van der Waals surface area contributed by atoms with Crippen molar-refractivity contribution < 1.29 is 19.1 Å². The lowest BCUT2D eigenvalue weighted by molar-refractivity contribution is -0.146. The highest BCUT2D eigenvalue weighted by Gasteiger charge is 2.07. The van der Waals surface area contributed by atoms with Crippen LogP contribution in [0.4, 0.5) is 0 Å². The van der Waals surface area contributed by atoms with Gasteiger partial charge in [-0.25, -0.2) is 4.79 Å². The van der Waals surface area contributed by atoms with E-state index in [1.807, 2.05) is 19.1 Å². The Morgan fingerprint density at radius 2 is 1.83 bits per heavy atom. The number of methoxy groups -OCH3 is 1. The number of carbonyl (C=O) groups excluding carboxylic acids is 1. The molecule has 6 nitrogen and oxygen atoms in total. The van der Waals surface area contributed by atoms with Gasteiger partial charge in [-0.1, -0.05) is 21.1 Å². The van der Waals surface area contributed by atoms with Gasteiger partial charge in [0.15, 0.2) is 12.4 Å². The van der Waals surface area contributed by atoms with Gasteiger partial charge >= 0.3 is 5.97 Å². The largest absolute Gasteiger partial charge is 0.497 e. The average Bonchev–Trinajstić information content (AvgIpc) is 2.60. The number of aryl methyl sites for hydroxylation is 1. The molecule has 0 heterocycles. The Kier molecular flexibility index (Phi) is 6.20. The number of carbonyl (C=O) groups is 1. The maximum atomic E-state index is 11.7. The lowest BCUT2D eigenvalue weighted by Crippen LogP contribution is -2.18. The van der Waals surface area contributed by atoms with E-state index in [2.05, 4.69) is 21.1 Å². The molecule has 0 unspecified atom stereocenters. The van der Waals surface area contributed by atoms with Crippen molar-refractivity contribution >= 4 is 27.7 Å². The van der Waals surface area contributed by atoms with E-state index in [0.717, 1.165) is 10.0 Å². The number of hydrogen-bond acceptors (Lipinski definition) is 5. The quantitative estimate of drug-likeness (QED) is 0.353. The topological polar surface area (TPSA) is 83.1 Å². The first-order chi connectivity index (χ1) is 11.5. The number of nitrogens with two attached hydrogens (primary N) is 1. The average molecular weight is 393 g/mol. The molecule has 0 spiro atoms.